The Morgan fingerprint density at radius 1 is 1.40 bits per heavy atom. The first-order valence-electron chi connectivity index (χ1n) is 5.81. The number of hydrogen-bond acceptors (Lipinski definition) is 7. The minimum Gasteiger partial charge on any atom is -0.314 e. The molecule has 1 fully saturated rings. The number of carbonyl (C=O) groups excluding carboxylic acids is 3. The van der Waals surface area contributed by atoms with Gasteiger partial charge < -0.3 is 10.3 Å². The molecule has 1 aliphatic rings. The lowest BCUT2D eigenvalue weighted by Crippen LogP contribution is -2.65. The number of rotatable bonds is 2. The van der Waals surface area contributed by atoms with Gasteiger partial charge in [-0.25, -0.2) is 15.8 Å². The lowest BCUT2D eigenvalue weighted by Gasteiger charge is -2.39. The molecule has 2 rings (SSSR count). The van der Waals surface area contributed by atoms with Gasteiger partial charge in [-0.15, -0.1) is 0 Å². The fourth-order valence-corrected chi connectivity index (χ4v) is 1.76. The third-order valence-corrected chi connectivity index (χ3v) is 3.05. The molecule has 1 saturated heterocycles. The number of nitrogen functional groups attached to an aromatic ring is 1. The number of nitrogens with zero attached hydrogens (tertiary/aromatic N) is 3. The van der Waals surface area contributed by atoms with E-state index in [4.69, 9.17) is 5.84 Å². The fraction of sp³-hybridized carbons (Fsp3) is 0.364. The van der Waals surface area contributed by atoms with E-state index in [1.807, 2.05) is 0 Å². The molecule has 1 aromatic heterocycles. The lowest BCUT2D eigenvalue weighted by atomic mass is 9.98. The van der Waals surface area contributed by atoms with Crippen molar-refractivity contribution in [3.05, 3.63) is 18.1 Å². The summed E-state index contributed by atoms with van der Waals surface area (Å²) in [5, 5.41) is 2.19. The Kier molecular flexibility index (Phi) is 3.36. The zero-order valence-electron chi connectivity index (χ0n) is 11.0. The van der Waals surface area contributed by atoms with Crippen LogP contribution in [0.5, 0.6) is 0 Å². The Balaban J connectivity index is 2.30. The van der Waals surface area contributed by atoms with Gasteiger partial charge in [0.05, 0.1) is 12.4 Å². The summed E-state index contributed by atoms with van der Waals surface area (Å²) in [6.07, 6.45) is 2.51. The summed E-state index contributed by atoms with van der Waals surface area (Å²) in [6, 6.07) is 0. The highest BCUT2D eigenvalue weighted by Crippen LogP contribution is 2.20. The van der Waals surface area contributed by atoms with E-state index < -0.39 is 23.3 Å². The van der Waals surface area contributed by atoms with Crippen molar-refractivity contribution in [1.82, 2.24) is 20.2 Å². The number of piperazine rings is 1. The van der Waals surface area contributed by atoms with E-state index in [2.05, 4.69) is 20.7 Å². The van der Waals surface area contributed by atoms with E-state index in [1.165, 1.54) is 12.4 Å². The smallest absolute Gasteiger partial charge is 0.275 e. The quantitative estimate of drug-likeness (QED) is 0.346. The van der Waals surface area contributed by atoms with Gasteiger partial charge in [-0.05, 0) is 13.8 Å². The maximum atomic E-state index is 12.3. The molecule has 0 saturated carbocycles. The van der Waals surface area contributed by atoms with Crippen molar-refractivity contribution in [3.8, 4) is 0 Å². The third-order valence-electron chi connectivity index (χ3n) is 3.05. The first-order chi connectivity index (χ1) is 9.36. The minimum absolute atomic E-state index is 0.0274. The summed E-state index contributed by atoms with van der Waals surface area (Å²) in [7, 11) is 0. The summed E-state index contributed by atoms with van der Waals surface area (Å²) in [6.45, 7) is 2.89. The number of imide groups is 1. The Labute approximate surface area is 114 Å². The Hall–Kier alpha value is -2.55. The number of anilines is 1. The van der Waals surface area contributed by atoms with Crippen LogP contribution in [0.25, 0.3) is 0 Å². The summed E-state index contributed by atoms with van der Waals surface area (Å²) in [5.74, 6) is 3.84. The molecule has 0 bridgehead atoms. The van der Waals surface area contributed by atoms with Crippen LogP contribution in [0.15, 0.2) is 12.4 Å². The average Bonchev–Trinajstić information content (AvgIpc) is 2.42. The van der Waals surface area contributed by atoms with Crippen LogP contribution in [0.2, 0.25) is 0 Å². The first-order valence-corrected chi connectivity index (χ1v) is 5.81. The molecule has 9 heteroatoms. The molecule has 0 aromatic carbocycles. The van der Waals surface area contributed by atoms with Crippen LogP contribution in [-0.4, -0.2) is 44.7 Å². The highest BCUT2D eigenvalue weighted by molar-refractivity contribution is 6.08. The molecule has 0 unspecified atom stereocenters. The van der Waals surface area contributed by atoms with Crippen LogP contribution in [0.1, 0.15) is 24.3 Å². The van der Waals surface area contributed by atoms with E-state index in [1.54, 1.807) is 13.8 Å². The molecule has 1 aliphatic heterocycles. The first kappa shape index (κ1) is 13.9. The fourth-order valence-electron chi connectivity index (χ4n) is 1.76. The summed E-state index contributed by atoms with van der Waals surface area (Å²) in [5.41, 5.74) is 1.17. The molecule has 1 aromatic rings. The van der Waals surface area contributed by atoms with Gasteiger partial charge in [0, 0.05) is 0 Å². The predicted octanol–water partition coefficient (Wildman–Crippen LogP) is -1.36. The maximum absolute atomic E-state index is 12.3. The average molecular weight is 278 g/mol. The number of amides is 3. The van der Waals surface area contributed by atoms with Gasteiger partial charge in [-0.1, -0.05) is 0 Å². The summed E-state index contributed by atoms with van der Waals surface area (Å²) >= 11 is 0. The van der Waals surface area contributed by atoms with Crippen LogP contribution < -0.4 is 16.6 Å². The zero-order valence-corrected chi connectivity index (χ0v) is 11.0. The molecule has 0 spiro atoms. The topological polar surface area (TPSA) is 130 Å². The van der Waals surface area contributed by atoms with Gasteiger partial charge in [0.15, 0.2) is 5.82 Å². The summed E-state index contributed by atoms with van der Waals surface area (Å²) in [4.78, 5) is 44.5. The van der Waals surface area contributed by atoms with E-state index >= 15 is 0 Å². The van der Waals surface area contributed by atoms with E-state index in [9.17, 15) is 14.4 Å². The Bertz CT molecular complexity index is 568. The molecule has 3 amide bonds. The predicted molar refractivity (Wildman–Crippen MR) is 68.1 cm³/mol. The maximum Gasteiger partial charge on any atom is 0.275 e. The third kappa shape index (κ3) is 2.30. The molecule has 4 N–H and O–H groups in total. The monoisotopic (exact) mass is 278 g/mol. The van der Waals surface area contributed by atoms with E-state index in [0.717, 1.165) is 4.90 Å². The van der Waals surface area contributed by atoms with Crippen LogP contribution in [0.4, 0.5) is 5.82 Å². The van der Waals surface area contributed by atoms with Crippen LogP contribution in [0, 0.1) is 0 Å². The molecular formula is C11H14N6O3. The van der Waals surface area contributed by atoms with Crippen molar-refractivity contribution >= 4 is 23.5 Å². The number of carbonyl (C=O) groups is 3. The molecule has 0 aliphatic carbocycles. The van der Waals surface area contributed by atoms with Gasteiger partial charge in [0.25, 0.3) is 11.8 Å². The number of hydrogen-bond donors (Lipinski definition) is 3. The number of aromatic nitrogens is 2. The van der Waals surface area contributed by atoms with Gasteiger partial charge in [-0.3, -0.25) is 19.7 Å². The van der Waals surface area contributed by atoms with Crippen molar-refractivity contribution in [2.75, 3.05) is 12.0 Å². The highest BCUT2D eigenvalue weighted by atomic mass is 16.2. The van der Waals surface area contributed by atoms with Crippen molar-refractivity contribution < 1.29 is 14.4 Å². The normalized spacial score (nSPS) is 17.6. The van der Waals surface area contributed by atoms with Gasteiger partial charge in [0.1, 0.15) is 17.8 Å². The summed E-state index contributed by atoms with van der Waals surface area (Å²) < 4.78 is 0. The largest absolute Gasteiger partial charge is 0.314 e. The minimum atomic E-state index is -1.14. The second kappa shape index (κ2) is 4.85. The molecular weight excluding hydrogens is 264 g/mol. The molecule has 2 heterocycles. The van der Waals surface area contributed by atoms with E-state index in [-0.39, 0.29) is 12.2 Å². The zero-order chi connectivity index (χ0) is 14.9. The highest BCUT2D eigenvalue weighted by Gasteiger charge is 2.44. The van der Waals surface area contributed by atoms with Crippen LogP contribution >= 0.6 is 0 Å². The Morgan fingerprint density at radius 2 is 2.10 bits per heavy atom. The standard InChI is InChI=1S/C11H14N6O3/c1-11(2)10(20)15-8(18)5-17(11)9(19)6-3-14-7(16-12)4-13-6/h3-4H,5,12H2,1-2H3,(H,14,16)(H,15,18,20). The van der Waals surface area contributed by atoms with Crippen molar-refractivity contribution in [2.45, 2.75) is 19.4 Å². The number of hydrazine groups is 1. The molecule has 0 radical (unpaired) electrons. The van der Waals surface area contributed by atoms with Crippen LogP contribution in [-0.2, 0) is 9.59 Å². The lowest BCUT2D eigenvalue weighted by molar-refractivity contribution is -0.143. The molecule has 9 nitrogen and oxygen atoms in total. The molecule has 20 heavy (non-hydrogen) atoms. The van der Waals surface area contributed by atoms with Gasteiger partial charge in [-0.2, -0.15) is 0 Å². The number of nitrogens with two attached hydrogens (primary N) is 1. The van der Waals surface area contributed by atoms with Crippen molar-refractivity contribution in [1.29, 1.82) is 0 Å². The van der Waals surface area contributed by atoms with Crippen molar-refractivity contribution in [3.63, 3.8) is 0 Å². The molecule has 106 valence electrons. The molecule has 0 atom stereocenters. The van der Waals surface area contributed by atoms with Gasteiger partial charge in [0.2, 0.25) is 5.91 Å². The Morgan fingerprint density at radius 3 is 2.65 bits per heavy atom. The second-order valence-corrected chi connectivity index (χ2v) is 4.76. The SMILES string of the molecule is CC1(C)C(=O)NC(=O)CN1C(=O)c1cnc(NN)cn1. The second-order valence-electron chi connectivity index (χ2n) is 4.76. The van der Waals surface area contributed by atoms with Gasteiger partial charge >= 0.3 is 0 Å². The van der Waals surface area contributed by atoms with Crippen molar-refractivity contribution in [2.24, 2.45) is 5.84 Å². The number of nitrogens with one attached hydrogen (secondary N) is 2. The van der Waals surface area contributed by atoms with E-state index in [0.29, 0.717) is 5.82 Å². The van der Waals surface area contributed by atoms with Crippen LogP contribution in [0.3, 0.4) is 0 Å².